The highest BCUT2D eigenvalue weighted by atomic mass is 16.5. The molecule has 0 saturated heterocycles. The first-order valence-corrected chi connectivity index (χ1v) is 6.46. The fourth-order valence-corrected chi connectivity index (χ4v) is 1.47. The van der Waals surface area contributed by atoms with E-state index in [1.54, 1.807) is 0 Å². The number of ether oxygens (including phenoxy) is 1. The molecule has 100 valence electrons. The predicted molar refractivity (Wildman–Crippen MR) is 76.1 cm³/mol. The molecule has 0 atom stereocenters. The molecular formula is C14H23N3O. The number of aliphatic imine (C=N–C) groups is 1. The number of aryl methyl sites for hydroxylation is 1. The number of benzene rings is 1. The zero-order chi connectivity index (χ0) is 13.2. The molecule has 0 heterocycles. The largest absolute Gasteiger partial charge is 0.491 e. The second-order valence-corrected chi connectivity index (χ2v) is 4.16. The third kappa shape index (κ3) is 5.57. The number of hydrogen-bond acceptors (Lipinski definition) is 2. The van der Waals surface area contributed by atoms with Gasteiger partial charge in [-0.15, -0.1) is 0 Å². The molecule has 0 aliphatic heterocycles. The predicted octanol–water partition coefficient (Wildman–Crippen LogP) is 2.08. The van der Waals surface area contributed by atoms with Gasteiger partial charge in [0.2, 0.25) is 0 Å². The van der Waals surface area contributed by atoms with Gasteiger partial charge in [0.15, 0.2) is 5.96 Å². The molecule has 0 fully saturated rings. The van der Waals surface area contributed by atoms with Crippen LogP contribution in [0.25, 0.3) is 0 Å². The first kappa shape index (κ1) is 14.4. The van der Waals surface area contributed by atoms with E-state index in [9.17, 15) is 0 Å². The van der Waals surface area contributed by atoms with Gasteiger partial charge in [-0.3, -0.25) is 4.99 Å². The Bertz CT molecular complexity index is 377. The Morgan fingerprint density at radius 3 is 2.89 bits per heavy atom. The second-order valence-electron chi connectivity index (χ2n) is 4.16. The molecule has 18 heavy (non-hydrogen) atoms. The van der Waals surface area contributed by atoms with Gasteiger partial charge in [0.25, 0.3) is 0 Å². The minimum Gasteiger partial charge on any atom is -0.491 e. The standard InChI is InChI=1S/C14H23N3O/c1-3-4-9-16-14(15)17-10-11-18-13-8-6-5-7-12(13)2/h5-8H,3-4,9-11H2,1-2H3,(H3,15,16,17). The Kier molecular flexibility index (Phi) is 6.69. The van der Waals surface area contributed by atoms with Gasteiger partial charge < -0.3 is 15.8 Å². The number of nitrogens with zero attached hydrogens (tertiary/aromatic N) is 1. The second kappa shape index (κ2) is 8.39. The highest BCUT2D eigenvalue weighted by Gasteiger charge is 1.97. The van der Waals surface area contributed by atoms with Crippen LogP contribution in [0.5, 0.6) is 5.75 Å². The third-order valence-electron chi connectivity index (χ3n) is 2.55. The number of nitrogens with two attached hydrogens (primary N) is 1. The van der Waals surface area contributed by atoms with Crippen molar-refractivity contribution >= 4 is 5.96 Å². The summed E-state index contributed by atoms with van der Waals surface area (Å²) in [7, 11) is 0. The van der Waals surface area contributed by atoms with Crippen molar-refractivity contribution in [3.63, 3.8) is 0 Å². The lowest BCUT2D eigenvalue weighted by molar-refractivity contribution is 0.320. The molecule has 3 N–H and O–H groups in total. The van der Waals surface area contributed by atoms with Crippen molar-refractivity contribution in [2.24, 2.45) is 10.7 Å². The monoisotopic (exact) mass is 249 g/mol. The van der Waals surface area contributed by atoms with Crippen LogP contribution in [0.15, 0.2) is 29.3 Å². The Balaban J connectivity index is 2.19. The van der Waals surface area contributed by atoms with E-state index in [2.05, 4.69) is 17.2 Å². The molecular weight excluding hydrogens is 226 g/mol. The first-order chi connectivity index (χ1) is 8.74. The average Bonchev–Trinajstić information content (AvgIpc) is 2.37. The van der Waals surface area contributed by atoms with Crippen LogP contribution in [-0.2, 0) is 0 Å². The van der Waals surface area contributed by atoms with Crippen LogP contribution >= 0.6 is 0 Å². The lowest BCUT2D eigenvalue weighted by Crippen LogP contribution is -2.34. The van der Waals surface area contributed by atoms with Crippen molar-refractivity contribution in [3.05, 3.63) is 29.8 Å². The maximum absolute atomic E-state index is 5.71. The molecule has 0 unspecified atom stereocenters. The van der Waals surface area contributed by atoms with E-state index >= 15 is 0 Å². The molecule has 0 bridgehead atoms. The van der Waals surface area contributed by atoms with Crippen molar-refractivity contribution in [1.82, 2.24) is 5.32 Å². The van der Waals surface area contributed by atoms with Gasteiger partial charge in [-0.25, -0.2) is 0 Å². The van der Waals surface area contributed by atoms with E-state index in [4.69, 9.17) is 10.5 Å². The molecule has 0 saturated carbocycles. The minimum atomic E-state index is 0.497. The van der Waals surface area contributed by atoms with Gasteiger partial charge in [-0.1, -0.05) is 31.5 Å². The Morgan fingerprint density at radius 1 is 1.39 bits per heavy atom. The van der Waals surface area contributed by atoms with Crippen LogP contribution in [-0.4, -0.2) is 25.7 Å². The summed E-state index contributed by atoms with van der Waals surface area (Å²) in [5, 5.41) is 3.03. The maximum atomic E-state index is 5.71. The topological polar surface area (TPSA) is 59.6 Å². The van der Waals surface area contributed by atoms with Crippen molar-refractivity contribution in [2.75, 3.05) is 19.7 Å². The molecule has 0 amide bonds. The highest BCUT2D eigenvalue weighted by Crippen LogP contribution is 2.15. The van der Waals surface area contributed by atoms with Crippen molar-refractivity contribution in [3.8, 4) is 5.75 Å². The molecule has 4 heteroatoms. The van der Waals surface area contributed by atoms with E-state index in [0.29, 0.717) is 19.1 Å². The quantitative estimate of drug-likeness (QED) is 0.442. The molecule has 1 aromatic carbocycles. The first-order valence-electron chi connectivity index (χ1n) is 6.46. The number of unbranched alkanes of at least 4 members (excludes halogenated alkanes) is 1. The van der Waals surface area contributed by atoms with Crippen LogP contribution in [0.4, 0.5) is 0 Å². The Labute approximate surface area is 109 Å². The van der Waals surface area contributed by atoms with Crippen LogP contribution < -0.4 is 15.8 Å². The lowest BCUT2D eigenvalue weighted by Gasteiger charge is -2.09. The summed E-state index contributed by atoms with van der Waals surface area (Å²) in [5.41, 5.74) is 6.85. The van der Waals surface area contributed by atoms with Gasteiger partial charge in [-0.2, -0.15) is 0 Å². The molecule has 0 aliphatic rings. The molecule has 1 rings (SSSR count). The van der Waals surface area contributed by atoms with Crippen LogP contribution in [0.1, 0.15) is 25.3 Å². The zero-order valence-electron chi connectivity index (χ0n) is 11.3. The van der Waals surface area contributed by atoms with E-state index in [-0.39, 0.29) is 0 Å². The maximum Gasteiger partial charge on any atom is 0.188 e. The normalized spacial score (nSPS) is 11.3. The van der Waals surface area contributed by atoms with Gasteiger partial charge in [0.1, 0.15) is 12.4 Å². The summed E-state index contributed by atoms with van der Waals surface area (Å²) >= 11 is 0. The summed E-state index contributed by atoms with van der Waals surface area (Å²) < 4.78 is 5.64. The minimum absolute atomic E-state index is 0.497. The molecule has 0 aromatic heterocycles. The van der Waals surface area contributed by atoms with Crippen LogP contribution in [0.2, 0.25) is 0 Å². The van der Waals surface area contributed by atoms with Crippen LogP contribution in [0.3, 0.4) is 0 Å². The van der Waals surface area contributed by atoms with Crippen LogP contribution in [0, 0.1) is 6.92 Å². The summed E-state index contributed by atoms with van der Waals surface area (Å²) in [5.74, 6) is 1.41. The summed E-state index contributed by atoms with van der Waals surface area (Å²) in [6, 6.07) is 7.96. The lowest BCUT2D eigenvalue weighted by atomic mass is 10.2. The average molecular weight is 249 g/mol. The Hall–Kier alpha value is -1.71. The molecule has 0 aliphatic carbocycles. The molecule has 0 radical (unpaired) electrons. The zero-order valence-corrected chi connectivity index (χ0v) is 11.3. The smallest absolute Gasteiger partial charge is 0.188 e. The molecule has 0 spiro atoms. The van der Waals surface area contributed by atoms with Gasteiger partial charge >= 0.3 is 0 Å². The number of nitrogens with one attached hydrogen (secondary N) is 1. The highest BCUT2D eigenvalue weighted by molar-refractivity contribution is 5.77. The summed E-state index contributed by atoms with van der Waals surface area (Å²) in [4.78, 5) is 4.20. The fourth-order valence-electron chi connectivity index (χ4n) is 1.47. The SMILES string of the molecule is CCCCN=C(N)NCCOc1ccccc1C. The van der Waals surface area contributed by atoms with Crippen molar-refractivity contribution in [1.29, 1.82) is 0 Å². The van der Waals surface area contributed by atoms with Crippen molar-refractivity contribution < 1.29 is 4.74 Å². The van der Waals surface area contributed by atoms with E-state index < -0.39 is 0 Å². The molecule has 4 nitrogen and oxygen atoms in total. The third-order valence-corrected chi connectivity index (χ3v) is 2.55. The van der Waals surface area contributed by atoms with E-state index in [1.165, 1.54) is 0 Å². The fraction of sp³-hybridized carbons (Fsp3) is 0.500. The number of hydrogen-bond donors (Lipinski definition) is 2. The van der Waals surface area contributed by atoms with Gasteiger partial charge in [-0.05, 0) is 25.0 Å². The Morgan fingerprint density at radius 2 is 2.17 bits per heavy atom. The van der Waals surface area contributed by atoms with Crippen molar-refractivity contribution in [2.45, 2.75) is 26.7 Å². The number of rotatable bonds is 7. The molecule has 1 aromatic rings. The number of guanidine groups is 1. The van der Waals surface area contributed by atoms with E-state index in [1.807, 2.05) is 31.2 Å². The summed E-state index contributed by atoms with van der Waals surface area (Å²) in [6.45, 7) is 6.19. The van der Waals surface area contributed by atoms with Gasteiger partial charge in [0, 0.05) is 6.54 Å². The number of para-hydroxylation sites is 1. The van der Waals surface area contributed by atoms with Gasteiger partial charge in [0.05, 0.1) is 6.54 Å². The summed E-state index contributed by atoms with van der Waals surface area (Å²) in [6.07, 6.45) is 2.20. The van der Waals surface area contributed by atoms with E-state index in [0.717, 1.165) is 30.7 Å².